The standard InChI is InChI=1S/C24H27N7O/c1-28-12-14-31(15-13-28)18-10-8-17(9-11-18)26-24-25-16-19-22(27-24)29(2)20-6-4-5-7-21(20)30(3)23(19)32/h4-11,16H,12-15H2,1-3H3,(H,25,26,27). The molecule has 1 N–H and O–H groups in total. The normalized spacial score (nSPS) is 16.5. The number of carbonyl (C=O) groups excluding carboxylic acids is 1. The van der Waals surface area contributed by atoms with E-state index in [1.165, 1.54) is 5.69 Å². The van der Waals surface area contributed by atoms with Gasteiger partial charge in [0.25, 0.3) is 5.91 Å². The maximum atomic E-state index is 13.0. The van der Waals surface area contributed by atoms with Crippen molar-refractivity contribution in [3.05, 3.63) is 60.3 Å². The first-order chi connectivity index (χ1) is 15.5. The minimum atomic E-state index is -0.125. The lowest BCUT2D eigenvalue weighted by Gasteiger charge is -2.34. The molecule has 2 aromatic carbocycles. The van der Waals surface area contributed by atoms with Gasteiger partial charge in [-0.3, -0.25) is 4.79 Å². The Morgan fingerprint density at radius 1 is 0.844 bits per heavy atom. The molecule has 0 radical (unpaired) electrons. The van der Waals surface area contributed by atoms with Crippen molar-refractivity contribution in [2.45, 2.75) is 0 Å². The molecule has 0 unspecified atom stereocenters. The SMILES string of the molecule is CN1CCN(c2ccc(Nc3ncc4c(n3)N(C)c3ccccc3N(C)C4=O)cc2)CC1. The third-order valence-corrected chi connectivity index (χ3v) is 6.22. The lowest BCUT2D eigenvalue weighted by molar-refractivity contribution is 0.0994. The fourth-order valence-corrected chi connectivity index (χ4v) is 4.22. The van der Waals surface area contributed by atoms with Crippen molar-refractivity contribution in [3.63, 3.8) is 0 Å². The van der Waals surface area contributed by atoms with E-state index in [0.717, 1.165) is 43.2 Å². The van der Waals surface area contributed by atoms with Gasteiger partial charge in [0.15, 0.2) is 5.82 Å². The maximum Gasteiger partial charge on any atom is 0.263 e. The second-order valence-electron chi connectivity index (χ2n) is 8.30. The zero-order chi connectivity index (χ0) is 22.2. The average molecular weight is 430 g/mol. The molecule has 0 aliphatic carbocycles. The third kappa shape index (κ3) is 3.62. The third-order valence-electron chi connectivity index (χ3n) is 6.22. The van der Waals surface area contributed by atoms with Gasteiger partial charge in [-0.1, -0.05) is 12.1 Å². The number of benzene rings is 2. The van der Waals surface area contributed by atoms with E-state index in [9.17, 15) is 4.79 Å². The van der Waals surface area contributed by atoms with Crippen LogP contribution in [0.2, 0.25) is 0 Å². The molecule has 1 aromatic heterocycles. The molecule has 164 valence electrons. The van der Waals surface area contributed by atoms with Crippen molar-refractivity contribution in [1.29, 1.82) is 0 Å². The van der Waals surface area contributed by atoms with Gasteiger partial charge in [-0.15, -0.1) is 0 Å². The van der Waals surface area contributed by atoms with Crippen LogP contribution in [-0.2, 0) is 0 Å². The number of amides is 1. The van der Waals surface area contributed by atoms with Gasteiger partial charge >= 0.3 is 0 Å². The minimum absolute atomic E-state index is 0.125. The van der Waals surface area contributed by atoms with Crippen molar-refractivity contribution in [2.75, 3.05) is 67.3 Å². The number of aromatic nitrogens is 2. The fourth-order valence-electron chi connectivity index (χ4n) is 4.22. The van der Waals surface area contributed by atoms with Gasteiger partial charge in [0, 0.05) is 57.8 Å². The summed E-state index contributed by atoms with van der Waals surface area (Å²) in [7, 11) is 5.86. The minimum Gasteiger partial charge on any atom is -0.369 e. The van der Waals surface area contributed by atoms with E-state index >= 15 is 0 Å². The molecule has 5 rings (SSSR count). The molecule has 1 saturated heterocycles. The summed E-state index contributed by atoms with van der Waals surface area (Å²) in [6.45, 7) is 4.22. The zero-order valence-electron chi connectivity index (χ0n) is 18.6. The Morgan fingerprint density at radius 3 is 2.19 bits per heavy atom. The summed E-state index contributed by atoms with van der Waals surface area (Å²) >= 11 is 0. The van der Waals surface area contributed by atoms with Crippen LogP contribution in [0.15, 0.2) is 54.7 Å². The van der Waals surface area contributed by atoms with E-state index in [1.54, 1.807) is 18.1 Å². The van der Waals surface area contributed by atoms with Crippen LogP contribution in [0.5, 0.6) is 0 Å². The van der Waals surface area contributed by atoms with E-state index in [-0.39, 0.29) is 5.91 Å². The molecule has 2 aliphatic rings. The second-order valence-corrected chi connectivity index (χ2v) is 8.30. The van der Waals surface area contributed by atoms with Gasteiger partial charge < -0.3 is 24.9 Å². The molecule has 0 atom stereocenters. The summed E-state index contributed by atoms with van der Waals surface area (Å²) in [6.07, 6.45) is 1.60. The quantitative estimate of drug-likeness (QED) is 0.685. The van der Waals surface area contributed by atoms with Crippen LogP contribution >= 0.6 is 0 Å². The topological polar surface area (TPSA) is 67.8 Å². The Morgan fingerprint density at radius 2 is 1.50 bits per heavy atom. The van der Waals surface area contributed by atoms with E-state index in [0.29, 0.717) is 17.3 Å². The second kappa shape index (κ2) is 8.12. The Balaban J connectivity index is 1.40. The highest BCUT2D eigenvalue weighted by atomic mass is 16.2. The van der Waals surface area contributed by atoms with Gasteiger partial charge in [0.2, 0.25) is 5.95 Å². The number of fused-ring (bicyclic) bond motifs is 2. The van der Waals surface area contributed by atoms with Crippen LogP contribution in [-0.4, -0.2) is 68.1 Å². The van der Waals surface area contributed by atoms with Gasteiger partial charge in [-0.2, -0.15) is 4.98 Å². The highest BCUT2D eigenvalue weighted by molar-refractivity contribution is 6.12. The van der Waals surface area contributed by atoms with Gasteiger partial charge in [0.1, 0.15) is 5.56 Å². The Bertz CT molecular complexity index is 1140. The average Bonchev–Trinajstić information content (AvgIpc) is 2.90. The summed E-state index contributed by atoms with van der Waals surface area (Å²) in [4.78, 5) is 30.5. The van der Waals surface area contributed by atoms with Crippen LogP contribution in [0.25, 0.3) is 0 Å². The van der Waals surface area contributed by atoms with Gasteiger partial charge in [-0.25, -0.2) is 4.98 Å². The van der Waals surface area contributed by atoms with Crippen LogP contribution in [0, 0.1) is 0 Å². The molecule has 3 heterocycles. The number of rotatable bonds is 3. The van der Waals surface area contributed by atoms with Gasteiger partial charge in [0.05, 0.1) is 11.4 Å². The zero-order valence-corrected chi connectivity index (χ0v) is 18.6. The number of likely N-dealkylation sites (N-methyl/N-ethyl adjacent to an activating group) is 1. The van der Waals surface area contributed by atoms with Crippen molar-refractivity contribution in [3.8, 4) is 0 Å². The summed E-state index contributed by atoms with van der Waals surface area (Å²) in [6, 6.07) is 16.1. The molecule has 2 aliphatic heterocycles. The number of nitrogens with zero attached hydrogens (tertiary/aromatic N) is 6. The largest absolute Gasteiger partial charge is 0.369 e. The molecule has 3 aromatic rings. The predicted molar refractivity (Wildman–Crippen MR) is 129 cm³/mol. The highest BCUT2D eigenvalue weighted by Crippen LogP contribution is 2.38. The molecule has 1 fully saturated rings. The Labute approximate surface area is 188 Å². The first-order valence-electron chi connectivity index (χ1n) is 10.8. The molecule has 8 heteroatoms. The number of piperazine rings is 1. The number of anilines is 6. The van der Waals surface area contributed by atoms with Gasteiger partial charge in [-0.05, 0) is 43.4 Å². The lowest BCUT2D eigenvalue weighted by atomic mass is 10.2. The van der Waals surface area contributed by atoms with E-state index in [4.69, 9.17) is 4.98 Å². The van der Waals surface area contributed by atoms with Crippen LogP contribution in [0.3, 0.4) is 0 Å². The summed E-state index contributed by atoms with van der Waals surface area (Å²) in [5, 5.41) is 3.28. The number of hydrogen-bond acceptors (Lipinski definition) is 7. The fraction of sp³-hybridized carbons (Fsp3) is 0.292. The monoisotopic (exact) mass is 429 g/mol. The highest BCUT2D eigenvalue weighted by Gasteiger charge is 2.29. The molecule has 32 heavy (non-hydrogen) atoms. The Hall–Kier alpha value is -3.65. The molecule has 0 bridgehead atoms. The smallest absolute Gasteiger partial charge is 0.263 e. The molecule has 1 amide bonds. The van der Waals surface area contributed by atoms with E-state index in [2.05, 4.69) is 39.3 Å². The van der Waals surface area contributed by atoms with Crippen LogP contribution in [0.1, 0.15) is 10.4 Å². The maximum absolute atomic E-state index is 13.0. The number of para-hydroxylation sites is 2. The predicted octanol–water partition coefficient (Wildman–Crippen LogP) is 3.33. The van der Waals surface area contributed by atoms with Crippen molar-refractivity contribution < 1.29 is 4.79 Å². The number of hydrogen-bond donors (Lipinski definition) is 1. The lowest BCUT2D eigenvalue weighted by Crippen LogP contribution is -2.44. The van der Waals surface area contributed by atoms with Crippen molar-refractivity contribution in [2.24, 2.45) is 0 Å². The molecular formula is C24H27N7O. The first-order valence-corrected chi connectivity index (χ1v) is 10.8. The van der Waals surface area contributed by atoms with Crippen molar-refractivity contribution in [1.82, 2.24) is 14.9 Å². The van der Waals surface area contributed by atoms with E-state index in [1.807, 2.05) is 48.3 Å². The summed E-state index contributed by atoms with van der Waals surface area (Å²) in [5.41, 5.74) is 4.36. The number of carbonyl (C=O) groups is 1. The molecule has 8 nitrogen and oxygen atoms in total. The van der Waals surface area contributed by atoms with Crippen LogP contribution in [0.4, 0.5) is 34.5 Å². The summed E-state index contributed by atoms with van der Waals surface area (Å²) < 4.78 is 0. The first kappa shape index (κ1) is 20.3. The van der Waals surface area contributed by atoms with Crippen molar-refractivity contribution >= 4 is 40.4 Å². The van der Waals surface area contributed by atoms with E-state index < -0.39 is 0 Å². The molecule has 0 saturated carbocycles. The van der Waals surface area contributed by atoms with Crippen LogP contribution < -0.4 is 20.0 Å². The Kier molecular flexibility index (Phi) is 5.14. The summed E-state index contributed by atoms with van der Waals surface area (Å²) in [5.74, 6) is 0.913. The molecular weight excluding hydrogens is 402 g/mol. The molecule has 0 spiro atoms. The number of nitrogens with one attached hydrogen (secondary N) is 1.